The summed E-state index contributed by atoms with van der Waals surface area (Å²) in [7, 11) is 2.02. The van der Waals surface area contributed by atoms with E-state index >= 15 is 4.39 Å². The molecule has 2 heteroatoms. The van der Waals surface area contributed by atoms with Gasteiger partial charge in [0.05, 0.1) is 10.9 Å². The van der Waals surface area contributed by atoms with Crippen LogP contribution in [0.1, 0.15) is 42.0 Å². The van der Waals surface area contributed by atoms with Gasteiger partial charge in [0.15, 0.2) is 6.20 Å². The molecule has 0 amide bonds. The smallest absolute Gasteiger partial charge is 0.206 e. The Bertz CT molecular complexity index is 912. The Labute approximate surface area is 143 Å². The summed E-state index contributed by atoms with van der Waals surface area (Å²) in [6.07, 6.45) is 2.15. The monoisotopic (exact) mass is 322 g/mol. The number of halogens is 1. The third-order valence-corrected chi connectivity index (χ3v) is 5.00. The Hall–Kier alpha value is -2.22. The van der Waals surface area contributed by atoms with Crippen LogP contribution in [0.3, 0.4) is 0 Å². The van der Waals surface area contributed by atoms with Gasteiger partial charge in [-0.2, -0.15) is 0 Å². The number of aryl methyl sites for hydroxylation is 3. The summed E-state index contributed by atoms with van der Waals surface area (Å²) in [6, 6.07) is 10.3. The average Bonchev–Trinajstić information content (AvgIpc) is 2.54. The van der Waals surface area contributed by atoms with E-state index < -0.39 is 0 Å². The lowest BCUT2D eigenvalue weighted by Crippen LogP contribution is -2.32. The normalized spacial score (nSPS) is 11.5. The number of nitrogens with zero attached hydrogens (tertiary/aromatic N) is 1. The molecule has 1 heterocycles. The Morgan fingerprint density at radius 1 is 0.958 bits per heavy atom. The zero-order chi connectivity index (χ0) is 17.6. The predicted octanol–water partition coefficient (Wildman–Crippen LogP) is 5.52. The molecule has 0 saturated carbocycles. The summed E-state index contributed by atoms with van der Waals surface area (Å²) in [4.78, 5) is 0. The van der Waals surface area contributed by atoms with Crippen LogP contribution in [0.25, 0.3) is 22.0 Å². The van der Waals surface area contributed by atoms with Crippen molar-refractivity contribution in [2.45, 2.75) is 40.5 Å². The van der Waals surface area contributed by atoms with Crippen LogP contribution in [0.15, 0.2) is 36.5 Å². The SMILES string of the molecule is Cc1cc(C)c(F)c(-c2c3ccccc3c(C(C)C)c[n+]2C)c1C. The molecule has 1 aromatic heterocycles. The molecule has 0 spiro atoms. The predicted molar refractivity (Wildman–Crippen MR) is 98.8 cm³/mol. The minimum Gasteiger partial charge on any atom is -0.206 e. The largest absolute Gasteiger partial charge is 0.223 e. The summed E-state index contributed by atoms with van der Waals surface area (Å²) < 4.78 is 17.2. The molecule has 0 saturated heterocycles. The molecule has 124 valence electrons. The topological polar surface area (TPSA) is 3.88 Å². The van der Waals surface area contributed by atoms with Crippen molar-refractivity contribution in [3.8, 4) is 11.3 Å². The molecular weight excluding hydrogens is 297 g/mol. The maximum absolute atomic E-state index is 15.1. The summed E-state index contributed by atoms with van der Waals surface area (Å²) in [5.74, 6) is 0.302. The fourth-order valence-electron chi connectivity index (χ4n) is 3.58. The highest BCUT2D eigenvalue weighted by Crippen LogP contribution is 2.35. The molecule has 2 aromatic carbocycles. The van der Waals surface area contributed by atoms with Crippen LogP contribution in [-0.4, -0.2) is 0 Å². The van der Waals surface area contributed by atoms with Crippen molar-refractivity contribution >= 4 is 10.8 Å². The third-order valence-electron chi connectivity index (χ3n) is 5.00. The number of hydrogen-bond acceptors (Lipinski definition) is 0. The van der Waals surface area contributed by atoms with E-state index in [2.05, 4.69) is 49.7 Å². The maximum Gasteiger partial charge on any atom is 0.223 e. The molecule has 24 heavy (non-hydrogen) atoms. The van der Waals surface area contributed by atoms with Gasteiger partial charge in [-0.25, -0.2) is 8.96 Å². The Kier molecular flexibility index (Phi) is 4.16. The molecule has 0 aliphatic heterocycles. The number of hydrogen-bond donors (Lipinski definition) is 0. The maximum atomic E-state index is 15.1. The highest BCUT2D eigenvalue weighted by atomic mass is 19.1. The molecule has 0 aliphatic carbocycles. The van der Waals surface area contributed by atoms with E-state index in [1.54, 1.807) is 0 Å². The van der Waals surface area contributed by atoms with Crippen LogP contribution < -0.4 is 4.57 Å². The molecule has 3 aromatic rings. The van der Waals surface area contributed by atoms with E-state index in [9.17, 15) is 0 Å². The van der Waals surface area contributed by atoms with Crippen LogP contribution in [0, 0.1) is 26.6 Å². The first-order valence-corrected chi connectivity index (χ1v) is 8.50. The lowest BCUT2D eigenvalue weighted by atomic mass is 9.91. The first-order chi connectivity index (χ1) is 11.3. The number of rotatable bonds is 2. The van der Waals surface area contributed by atoms with Crippen molar-refractivity contribution in [2.24, 2.45) is 7.05 Å². The highest BCUT2D eigenvalue weighted by Gasteiger charge is 2.25. The first-order valence-electron chi connectivity index (χ1n) is 8.50. The third kappa shape index (κ3) is 2.50. The second kappa shape index (κ2) is 6.01. The van der Waals surface area contributed by atoms with Gasteiger partial charge in [0, 0.05) is 5.56 Å². The van der Waals surface area contributed by atoms with Gasteiger partial charge in [0.25, 0.3) is 0 Å². The van der Waals surface area contributed by atoms with Crippen molar-refractivity contribution in [3.63, 3.8) is 0 Å². The van der Waals surface area contributed by atoms with Crippen molar-refractivity contribution in [1.82, 2.24) is 0 Å². The average molecular weight is 322 g/mol. The van der Waals surface area contributed by atoms with Crippen molar-refractivity contribution in [1.29, 1.82) is 0 Å². The van der Waals surface area contributed by atoms with Gasteiger partial charge in [0.1, 0.15) is 12.9 Å². The second-order valence-electron chi connectivity index (χ2n) is 7.07. The lowest BCUT2D eigenvalue weighted by molar-refractivity contribution is -0.659. The zero-order valence-electron chi connectivity index (χ0n) is 15.4. The van der Waals surface area contributed by atoms with Crippen LogP contribution in [0.4, 0.5) is 4.39 Å². The van der Waals surface area contributed by atoms with Gasteiger partial charge in [-0.1, -0.05) is 38.1 Å². The fourth-order valence-corrected chi connectivity index (χ4v) is 3.58. The van der Waals surface area contributed by atoms with Crippen LogP contribution in [-0.2, 0) is 7.05 Å². The molecule has 0 atom stereocenters. The van der Waals surface area contributed by atoms with Gasteiger partial charge in [-0.3, -0.25) is 0 Å². The van der Waals surface area contributed by atoms with Crippen LogP contribution in [0.2, 0.25) is 0 Å². The zero-order valence-corrected chi connectivity index (χ0v) is 15.4. The van der Waals surface area contributed by atoms with E-state index in [0.29, 0.717) is 11.5 Å². The van der Waals surface area contributed by atoms with Crippen LogP contribution >= 0.6 is 0 Å². The Morgan fingerprint density at radius 3 is 2.21 bits per heavy atom. The summed E-state index contributed by atoms with van der Waals surface area (Å²) >= 11 is 0. The number of aromatic nitrogens is 1. The van der Waals surface area contributed by atoms with Crippen LogP contribution in [0.5, 0.6) is 0 Å². The van der Waals surface area contributed by atoms with E-state index in [1.807, 2.05) is 33.0 Å². The number of fused-ring (bicyclic) bond motifs is 1. The first kappa shape index (κ1) is 16.6. The van der Waals surface area contributed by atoms with Crippen molar-refractivity contribution in [2.75, 3.05) is 0 Å². The molecule has 0 unspecified atom stereocenters. The highest BCUT2D eigenvalue weighted by molar-refractivity contribution is 5.96. The molecule has 0 aliphatic rings. The molecule has 1 nitrogen and oxygen atoms in total. The van der Waals surface area contributed by atoms with E-state index in [-0.39, 0.29) is 5.82 Å². The van der Waals surface area contributed by atoms with Crippen molar-refractivity contribution < 1.29 is 8.96 Å². The van der Waals surface area contributed by atoms with E-state index in [1.165, 1.54) is 10.9 Å². The van der Waals surface area contributed by atoms with Gasteiger partial charge in [-0.05, 0) is 54.8 Å². The quantitative estimate of drug-likeness (QED) is 0.547. The van der Waals surface area contributed by atoms with Gasteiger partial charge >= 0.3 is 0 Å². The van der Waals surface area contributed by atoms with Gasteiger partial charge in [0.2, 0.25) is 5.69 Å². The molecule has 0 radical (unpaired) electrons. The fraction of sp³-hybridized carbons (Fsp3) is 0.318. The Balaban J connectivity index is 2.50. The standard InChI is InChI=1S/C22H25FN/c1-13(2)19-12-24(6)22(18-10-8-7-9-17(18)19)20-16(5)14(3)11-15(4)21(20)23/h7-13H,1-6H3/q+1. The summed E-state index contributed by atoms with van der Waals surface area (Å²) in [6.45, 7) is 10.3. The molecule has 3 rings (SSSR count). The summed E-state index contributed by atoms with van der Waals surface area (Å²) in [5, 5.41) is 2.32. The van der Waals surface area contributed by atoms with Crippen molar-refractivity contribution in [3.05, 3.63) is 64.6 Å². The lowest BCUT2D eigenvalue weighted by Gasteiger charge is -2.15. The summed E-state index contributed by atoms with van der Waals surface area (Å²) in [5.41, 5.74) is 5.81. The molecular formula is C22H25FN+. The molecule has 0 fully saturated rings. The van der Waals surface area contributed by atoms with E-state index in [0.717, 1.165) is 27.8 Å². The Morgan fingerprint density at radius 2 is 1.58 bits per heavy atom. The second-order valence-corrected chi connectivity index (χ2v) is 7.07. The van der Waals surface area contributed by atoms with Gasteiger partial charge < -0.3 is 0 Å². The molecule has 0 bridgehead atoms. The number of benzene rings is 2. The number of pyridine rings is 1. The minimum absolute atomic E-state index is 0.115. The minimum atomic E-state index is -0.115. The van der Waals surface area contributed by atoms with Gasteiger partial charge in [-0.15, -0.1) is 0 Å². The van der Waals surface area contributed by atoms with E-state index in [4.69, 9.17) is 0 Å². The molecule has 0 N–H and O–H groups in total.